The largest absolute Gasteiger partial charge is 0.466 e. The molecule has 3 heteroatoms. The molecule has 0 aromatic carbocycles. The van der Waals surface area contributed by atoms with E-state index in [4.69, 9.17) is 4.74 Å². The third-order valence-corrected chi connectivity index (χ3v) is 7.09. The lowest BCUT2D eigenvalue weighted by atomic mass is 9.47. The van der Waals surface area contributed by atoms with Crippen molar-refractivity contribution in [2.24, 2.45) is 22.7 Å². The van der Waals surface area contributed by atoms with Crippen LogP contribution >= 0.6 is 0 Å². The van der Waals surface area contributed by atoms with Crippen LogP contribution in [0.25, 0.3) is 0 Å². The number of carbonyl (C=O) groups excluding carboxylic acids is 2. The Balaban J connectivity index is 2.25. The number of methoxy groups -OCH3 is 1. The van der Waals surface area contributed by atoms with Gasteiger partial charge in [0.25, 0.3) is 0 Å². The molecule has 3 nitrogen and oxygen atoms in total. The first-order valence-corrected chi connectivity index (χ1v) is 9.10. The molecule has 0 amide bonds. The van der Waals surface area contributed by atoms with E-state index in [9.17, 15) is 9.59 Å². The Labute approximate surface area is 146 Å². The lowest BCUT2D eigenvalue weighted by molar-refractivity contribution is -0.134. The maximum Gasteiger partial charge on any atom is 0.330 e. The normalized spacial score (nSPS) is 36.8. The molecule has 0 heterocycles. The predicted molar refractivity (Wildman–Crippen MR) is 96.5 cm³/mol. The van der Waals surface area contributed by atoms with Crippen molar-refractivity contribution in [3.8, 4) is 0 Å². The van der Waals surface area contributed by atoms with Gasteiger partial charge in [-0.25, -0.2) is 4.79 Å². The fourth-order valence-corrected chi connectivity index (χ4v) is 4.91. The first-order chi connectivity index (χ1) is 11.1. The van der Waals surface area contributed by atoms with Gasteiger partial charge in [-0.15, -0.1) is 0 Å². The summed E-state index contributed by atoms with van der Waals surface area (Å²) < 4.78 is 4.72. The zero-order chi connectivity index (χ0) is 18.1. The minimum absolute atomic E-state index is 0.114. The Morgan fingerprint density at radius 3 is 2.71 bits per heavy atom. The molecule has 0 saturated heterocycles. The topological polar surface area (TPSA) is 43.4 Å². The molecule has 134 valence electrons. The van der Waals surface area contributed by atoms with Crippen molar-refractivity contribution >= 4 is 11.8 Å². The first kappa shape index (κ1) is 19.0. The van der Waals surface area contributed by atoms with Gasteiger partial charge in [-0.3, -0.25) is 4.79 Å². The van der Waals surface area contributed by atoms with Gasteiger partial charge in [0.05, 0.1) is 7.11 Å². The lowest BCUT2D eigenvalue weighted by Gasteiger charge is -2.57. The van der Waals surface area contributed by atoms with Crippen molar-refractivity contribution in [1.82, 2.24) is 0 Å². The summed E-state index contributed by atoms with van der Waals surface area (Å²) >= 11 is 0. The Morgan fingerprint density at radius 2 is 2.08 bits per heavy atom. The number of ketones is 1. The molecule has 2 aliphatic carbocycles. The smallest absolute Gasteiger partial charge is 0.330 e. The third-order valence-electron chi connectivity index (χ3n) is 7.09. The fraction of sp³-hybridized carbons (Fsp3) is 0.714. The van der Waals surface area contributed by atoms with E-state index in [0.717, 1.165) is 18.4 Å². The molecule has 0 spiro atoms. The Morgan fingerprint density at radius 1 is 1.42 bits per heavy atom. The highest BCUT2D eigenvalue weighted by atomic mass is 16.5. The van der Waals surface area contributed by atoms with Gasteiger partial charge >= 0.3 is 5.97 Å². The molecule has 1 fully saturated rings. The molecule has 2 aliphatic rings. The average Bonchev–Trinajstić information content (AvgIpc) is 2.52. The summed E-state index contributed by atoms with van der Waals surface area (Å²) in [6.45, 7) is 11.2. The molecular weight excluding hydrogens is 300 g/mol. The van der Waals surface area contributed by atoms with Crippen molar-refractivity contribution in [2.45, 2.75) is 66.7 Å². The summed E-state index contributed by atoms with van der Waals surface area (Å²) in [4.78, 5) is 23.7. The number of carbonyl (C=O) groups is 2. The molecule has 4 atom stereocenters. The second-order valence-electron chi connectivity index (χ2n) is 8.43. The molecule has 0 N–H and O–H groups in total. The van der Waals surface area contributed by atoms with Crippen molar-refractivity contribution < 1.29 is 14.3 Å². The quantitative estimate of drug-likeness (QED) is 0.545. The molecule has 4 unspecified atom stereocenters. The van der Waals surface area contributed by atoms with Crippen LogP contribution < -0.4 is 0 Å². The molecule has 0 aliphatic heterocycles. The van der Waals surface area contributed by atoms with Gasteiger partial charge in [0.15, 0.2) is 5.78 Å². The van der Waals surface area contributed by atoms with Crippen LogP contribution in [0.2, 0.25) is 0 Å². The highest BCUT2D eigenvalue weighted by molar-refractivity contribution is 5.92. The number of fused-ring (bicyclic) bond motifs is 1. The molecule has 1 saturated carbocycles. The van der Waals surface area contributed by atoms with Crippen LogP contribution in [0, 0.1) is 22.7 Å². The van der Waals surface area contributed by atoms with Crippen LogP contribution in [0.3, 0.4) is 0 Å². The molecule has 0 aromatic rings. The van der Waals surface area contributed by atoms with E-state index in [0.29, 0.717) is 18.3 Å². The second kappa shape index (κ2) is 6.85. The number of rotatable bonds is 4. The Bertz CT molecular complexity index is 586. The van der Waals surface area contributed by atoms with Crippen molar-refractivity contribution in [3.63, 3.8) is 0 Å². The summed E-state index contributed by atoms with van der Waals surface area (Å²) in [5.74, 6) is 0.959. The summed E-state index contributed by atoms with van der Waals surface area (Å²) in [7, 11) is 1.41. The van der Waals surface area contributed by atoms with Crippen molar-refractivity contribution in [1.29, 1.82) is 0 Å². The summed E-state index contributed by atoms with van der Waals surface area (Å²) in [5, 5.41) is 0. The number of hydrogen-bond acceptors (Lipinski definition) is 3. The van der Waals surface area contributed by atoms with Gasteiger partial charge in [0.1, 0.15) is 0 Å². The van der Waals surface area contributed by atoms with E-state index in [2.05, 4.69) is 27.7 Å². The summed E-state index contributed by atoms with van der Waals surface area (Å²) in [5.41, 5.74) is 2.55. The molecule has 0 radical (unpaired) electrons. The fourth-order valence-electron chi connectivity index (χ4n) is 4.91. The van der Waals surface area contributed by atoms with E-state index in [1.165, 1.54) is 25.5 Å². The first-order valence-electron chi connectivity index (χ1n) is 9.10. The predicted octanol–water partition coefficient (Wildman–Crippen LogP) is 4.86. The molecule has 0 aromatic heterocycles. The van der Waals surface area contributed by atoms with Gasteiger partial charge in [-0.2, -0.15) is 0 Å². The van der Waals surface area contributed by atoms with Crippen LogP contribution in [0.5, 0.6) is 0 Å². The van der Waals surface area contributed by atoms with Crippen LogP contribution in [0.1, 0.15) is 66.7 Å². The third kappa shape index (κ3) is 3.36. The van der Waals surface area contributed by atoms with Crippen LogP contribution in [0.4, 0.5) is 0 Å². The maximum absolute atomic E-state index is 12.2. The lowest BCUT2D eigenvalue weighted by Crippen LogP contribution is -2.50. The summed E-state index contributed by atoms with van der Waals surface area (Å²) in [6, 6.07) is 0. The van der Waals surface area contributed by atoms with Gasteiger partial charge in [-0.1, -0.05) is 31.9 Å². The van der Waals surface area contributed by atoms with Gasteiger partial charge in [0, 0.05) is 12.5 Å². The standard InChI is InChI=1S/C21H32O3/c1-14(11-19(23)24-6)7-9-20(4)15(2)8-10-21(5)16(3)12-17(22)13-18(20)21/h11-12,15,18H,7-10,13H2,1-6H3/b14-11+. The number of hydrogen-bond donors (Lipinski definition) is 0. The zero-order valence-electron chi connectivity index (χ0n) is 16.1. The number of esters is 1. The Hall–Kier alpha value is -1.38. The highest BCUT2D eigenvalue weighted by Crippen LogP contribution is 2.61. The molecule has 2 rings (SSSR count). The molecular formula is C21H32O3. The van der Waals surface area contributed by atoms with Gasteiger partial charge < -0.3 is 4.74 Å². The molecule has 0 bridgehead atoms. The van der Waals surface area contributed by atoms with E-state index in [1.54, 1.807) is 6.08 Å². The van der Waals surface area contributed by atoms with Crippen LogP contribution in [0.15, 0.2) is 23.3 Å². The number of allylic oxidation sites excluding steroid dienone is 3. The monoisotopic (exact) mass is 332 g/mol. The van der Waals surface area contributed by atoms with Crippen LogP contribution in [-0.4, -0.2) is 18.9 Å². The van der Waals surface area contributed by atoms with Gasteiger partial charge in [0.2, 0.25) is 0 Å². The Kier molecular flexibility index (Phi) is 5.41. The van der Waals surface area contributed by atoms with E-state index >= 15 is 0 Å². The second-order valence-corrected chi connectivity index (χ2v) is 8.43. The van der Waals surface area contributed by atoms with E-state index in [1.807, 2.05) is 13.0 Å². The SMILES string of the molecule is COC(=O)/C=C(\C)CCC1(C)C(C)CCC2(C)C(C)=CC(=O)CC21. The minimum atomic E-state index is -0.286. The zero-order valence-corrected chi connectivity index (χ0v) is 16.1. The average molecular weight is 332 g/mol. The van der Waals surface area contributed by atoms with Crippen LogP contribution in [-0.2, 0) is 14.3 Å². The van der Waals surface area contributed by atoms with E-state index < -0.39 is 0 Å². The molecule has 24 heavy (non-hydrogen) atoms. The van der Waals surface area contributed by atoms with Gasteiger partial charge in [-0.05, 0) is 68.3 Å². The summed E-state index contributed by atoms with van der Waals surface area (Å²) in [6.07, 6.45) is 8.37. The maximum atomic E-state index is 12.2. The number of ether oxygens (including phenoxy) is 1. The minimum Gasteiger partial charge on any atom is -0.466 e. The van der Waals surface area contributed by atoms with E-state index in [-0.39, 0.29) is 22.6 Å². The van der Waals surface area contributed by atoms with Crippen molar-refractivity contribution in [3.05, 3.63) is 23.3 Å². The van der Waals surface area contributed by atoms with Crippen molar-refractivity contribution in [2.75, 3.05) is 7.11 Å². The highest BCUT2D eigenvalue weighted by Gasteiger charge is 2.54.